The van der Waals surface area contributed by atoms with Gasteiger partial charge in [-0.2, -0.15) is 0 Å². The molecule has 1 aliphatic heterocycles. The zero-order valence-electron chi connectivity index (χ0n) is 17.6. The third-order valence-electron chi connectivity index (χ3n) is 6.39. The second-order valence-corrected chi connectivity index (χ2v) is 9.24. The van der Waals surface area contributed by atoms with Gasteiger partial charge in [-0.3, -0.25) is 10.1 Å². The smallest absolute Gasteiger partial charge is 0.338 e. The van der Waals surface area contributed by atoms with E-state index in [1.165, 1.54) is 0 Å². The van der Waals surface area contributed by atoms with Crippen LogP contribution < -0.4 is 5.32 Å². The molecule has 2 aromatic rings. The molecule has 0 spiro atoms. The van der Waals surface area contributed by atoms with Crippen molar-refractivity contribution in [3.05, 3.63) is 59.7 Å². The third kappa shape index (κ3) is 3.11. The second kappa shape index (κ2) is 7.20. The van der Waals surface area contributed by atoms with Crippen LogP contribution in [0, 0.1) is 11.3 Å². The Balaban J connectivity index is 1.62. The molecule has 162 valence electrons. The molecule has 0 bridgehead atoms. The normalized spacial score (nSPS) is 24.6. The molecule has 1 heterocycles. The van der Waals surface area contributed by atoms with Gasteiger partial charge in [0.05, 0.1) is 0 Å². The van der Waals surface area contributed by atoms with Crippen LogP contribution in [0.4, 0.5) is 0 Å². The fourth-order valence-electron chi connectivity index (χ4n) is 5.11. The summed E-state index contributed by atoms with van der Waals surface area (Å²) < 4.78 is 5.59. The van der Waals surface area contributed by atoms with Crippen molar-refractivity contribution in [3.63, 3.8) is 0 Å². The zero-order valence-corrected chi connectivity index (χ0v) is 17.6. The van der Waals surface area contributed by atoms with Crippen molar-refractivity contribution in [3.8, 4) is 11.1 Å². The van der Waals surface area contributed by atoms with Crippen LogP contribution in [-0.2, 0) is 19.1 Å². The first-order chi connectivity index (χ1) is 14.6. The molecule has 31 heavy (non-hydrogen) atoms. The first-order valence-corrected chi connectivity index (χ1v) is 10.2. The second-order valence-electron chi connectivity index (χ2n) is 9.24. The summed E-state index contributed by atoms with van der Waals surface area (Å²) in [5.74, 6) is -4.76. The Labute approximate surface area is 180 Å². The molecule has 1 saturated heterocycles. The van der Waals surface area contributed by atoms with Gasteiger partial charge in [-0.15, -0.1) is 0 Å². The summed E-state index contributed by atoms with van der Waals surface area (Å²) in [7, 11) is 0. The van der Waals surface area contributed by atoms with Crippen LogP contribution in [0.2, 0.25) is 0 Å². The van der Waals surface area contributed by atoms with Gasteiger partial charge in [0.25, 0.3) is 0 Å². The molecule has 7 nitrogen and oxygen atoms in total. The molecule has 2 aromatic carbocycles. The fraction of sp³-hybridized carbons (Fsp3) is 0.375. The van der Waals surface area contributed by atoms with E-state index in [1.807, 2.05) is 48.5 Å². The number of hydrogen-bond acceptors (Lipinski definition) is 5. The third-order valence-corrected chi connectivity index (χ3v) is 6.39. The van der Waals surface area contributed by atoms with E-state index >= 15 is 0 Å². The predicted molar refractivity (Wildman–Crippen MR) is 113 cm³/mol. The fourth-order valence-corrected chi connectivity index (χ4v) is 5.11. The van der Waals surface area contributed by atoms with Crippen LogP contribution in [0.1, 0.15) is 37.8 Å². The number of carbonyl (C=O) groups excluding carboxylic acids is 1. The van der Waals surface area contributed by atoms with Gasteiger partial charge in [-0.05, 0) is 27.7 Å². The van der Waals surface area contributed by atoms with Crippen LogP contribution in [0.3, 0.4) is 0 Å². The van der Waals surface area contributed by atoms with Crippen molar-refractivity contribution >= 4 is 17.9 Å². The van der Waals surface area contributed by atoms with Gasteiger partial charge in [0, 0.05) is 11.8 Å². The summed E-state index contributed by atoms with van der Waals surface area (Å²) in [6.45, 7) is 5.15. The maximum absolute atomic E-state index is 13.1. The Bertz CT molecular complexity index is 1030. The minimum atomic E-state index is -2.10. The number of carbonyl (C=O) groups is 3. The minimum Gasteiger partial charge on any atom is -0.480 e. The summed E-state index contributed by atoms with van der Waals surface area (Å²) in [5, 5.41) is 21.9. The summed E-state index contributed by atoms with van der Waals surface area (Å²) in [6.07, 6.45) is 0. The highest BCUT2D eigenvalue weighted by Gasteiger charge is 2.70. The maximum Gasteiger partial charge on any atom is 0.338 e. The quantitative estimate of drug-likeness (QED) is 0.501. The van der Waals surface area contributed by atoms with Crippen molar-refractivity contribution in [2.75, 3.05) is 6.61 Å². The van der Waals surface area contributed by atoms with Crippen molar-refractivity contribution < 1.29 is 29.3 Å². The molecule has 7 heteroatoms. The number of hydrogen-bond donors (Lipinski definition) is 3. The maximum atomic E-state index is 13.1. The van der Waals surface area contributed by atoms with E-state index in [1.54, 1.807) is 20.8 Å². The first kappa shape index (κ1) is 21.1. The number of ether oxygens (including phenoxy) is 1. The van der Waals surface area contributed by atoms with Gasteiger partial charge in [0.1, 0.15) is 12.6 Å². The lowest BCUT2D eigenvalue weighted by Crippen LogP contribution is -2.83. The lowest BCUT2D eigenvalue weighted by atomic mass is 9.59. The van der Waals surface area contributed by atoms with E-state index in [2.05, 4.69) is 5.32 Å². The number of esters is 1. The van der Waals surface area contributed by atoms with Crippen LogP contribution in [0.25, 0.3) is 11.1 Å². The summed E-state index contributed by atoms with van der Waals surface area (Å²) in [5.41, 5.74) is 1.30. The van der Waals surface area contributed by atoms with Crippen LogP contribution in [-0.4, -0.2) is 46.3 Å². The molecule has 0 radical (unpaired) electrons. The number of aliphatic carboxylic acids is 2. The molecule has 3 atom stereocenters. The molecule has 0 saturated carbocycles. The molecular weight excluding hydrogens is 398 g/mol. The van der Waals surface area contributed by atoms with Crippen molar-refractivity contribution in [1.29, 1.82) is 0 Å². The minimum absolute atomic E-state index is 0.0296. The van der Waals surface area contributed by atoms with Crippen LogP contribution in [0.5, 0.6) is 0 Å². The number of carboxylic acid groups (broad SMARTS) is 2. The van der Waals surface area contributed by atoms with E-state index in [0.717, 1.165) is 22.3 Å². The predicted octanol–water partition coefficient (Wildman–Crippen LogP) is 2.88. The summed E-state index contributed by atoms with van der Waals surface area (Å²) in [6, 6.07) is 14.5. The van der Waals surface area contributed by atoms with Gasteiger partial charge in [-0.1, -0.05) is 69.3 Å². The molecule has 3 unspecified atom stereocenters. The number of carboxylic acids is 2. The monoisotopic (exact) mass is 423 g/mol. The number of nitrogens with one attached hydrogen (secondary N) is 1. The Morgan fingerprint density at radius 3 is 1.94 bits per heavy atom. The number of rotatable bonds is 5. The largest absolute Gasteiger partial charge is 0.480 e. The van der Waals surface area contributed by atoms with Gasteiger partial charge in [0.15, 0.2) is 0 Å². The van der Waals surface area contributed by atoms with Crippen molar-refractivity contribution in [2.24, 2.45) is 11.3 Å². The van der Waals surface area contributed by atoms with Gasteiger partial charge < -0.3 is 14.9 Å². The lowest BCUT2D eigenvalue weighted by Gasteiger charge is -2.54. The zero-order chi connectivity index (χ0) is 22.6. The highest BCUT2D eigenvalue weighted by Crippen LogP contribution is 2.47. The topological polar surface area (TPSA) is 113 Å². The van der Waals surface area contributed by atoms with E-state index in [4.69, 9.17) is 4.74 Å². The average Bonchev–Trinajstić information content (AvgIpc) is 2.98. The van der Waals surface area contributed by atoms with Crippen molar-refractivity contribution in [2.45, 2.75) is 38.3 Å². The molecule has 1 aliphatic carbocycles. The Kier molecular flexibility index (Phi) is 4.89. The first-order valence-electron chi connectivity index (χ1n) is 10.2. The summed E-state index contributed by atoms with van der Waals surface area (Å²) in [4.78, 5) is 36.9. The van der Waals surface area contributed by atoms with Gasteiger partial charge in [-0.25, -0.2) is 9.59 Å². The molecule has 2 aliphatic rings. The number of fused-ring (bicyclic) bond motifs is 3. The molecule has 3 N–H and O–H groups in total. The SMILES string of the molecule is CC(C)(C)C1C(C(=O)O)NC1(C(=O)O)C(=O)OCC1c2ccccc2-c2ccccc21. The van der Waals surface area contributed by atoms with Crippen molar-refractivity contribution in [1.82, 2.24) is 5.32 Å². The molecule has 0 aromatic heterocycles. The standard InChI is InChI=1S/C24H25NO6/c1-23(2,3)19-18(20(26)27)25-24(19,21(28)29)22(30)31-12-17-15-10-6-4-8-13(15)14-9-5-7-11-16(14)17/h4-11,17-19,25H,12H2,1-3H3,(H,26,27)(H,28,29). The summed E-state index contributed by atoms with van der Waals surface area (Å²) >= 11 is 0. The van der Waals surface area contributed by atoms with Gasteiger partial charge in [0.2, 0.25) is 5.54 Å². The Morgan fingerprint density at radius 2 is 1.48 bits per heavy atom. The lowest BCUT2D eigenvalue weighted by molar-refractivity contribution is -0.188. The Hall–Kier alpha value is -3.19. The molecule has 1 fully saturated rings. The van der Waals surface area contributed by atoms with E-state index in [-0.39, 0.29) is 12.5 Å². The molecule has 0 amide bonds. The Morgan fingerprint density at radius 1 is 0.968 bits per heavy atom. The average molecular weight is 423 g/mol. The molecular formula is C24H25NO6. The highest BCUT2D eigenvalue weighted by atomic mass is 16.5. The van der Waals surface area contributed by atoms with Crippen LogP contribution in [0.15, 0.2) is 48.5 Å². The highest BCUT2D eigenvalue weighted by molar-refractivity contribution is 6.08. The van der Waals surface area contributed by atoms with Gasteiger partial charge >= 0.3 is 17.9 Å². The number of benzene rings is 2. The van der Waals surface area contributed by atoms with E-state index in [0.29, 0.717) is 0 Å². The van der Waals surface area contributed by atoms with Crippen LogP contribution >= 0.6 is 0 Å². The molecule has 4 rings (SSSR count). The van der Waals surface area contributed by atoms with E-state index in [9.17, 15) is 24.6 Å². The van der Waals surface area contributed by atoms with E-state index < -0.39 is 40.8 Å².